The Labute approximate surface area is 122 Å². The van der Waals surface area contributed by atoms with Crippen molar-refractivity contribution >= 4 is 21.7 Å². The molecule has 0 spiro atoms. The lowest BCUT2D eigenvalue weighted by Gasteiger charge is -2.04. The maximum atomic E-state index is 5.27. The number of benzene rings is 3. The normalized spacial score (nSPS) is 11.1. The largest absolute Gasteiger partial charge is 0.497 e. The third-order valence-electron chi connectivity index (χ3n) is 3.79. The molecule has 0 bridgehead atoms. The van der Waals surface area contributed by atoms with E-state index in [4.69, 9.17) is 4.74 Å². The Morgan fingerprint density at radius 3 is 2.62 bits per heavy atom. The quantitative estimate of drug-likeness (QED) is 0.588. The predicted molar refractivity (Wildman–Crippen MR) is 85.6 cm³/mol. The first-order chi connectivity index (χ1) is 10.3. The number of methoxy groups -OCH3 is 1. The average molecular weight is 274 g/mol. The summed E-state index contributed by atoms with van der Waals surface area (Å²) >= 11 is 0. The van der Waals surface area contributed by atoms with E-state index < -0.39 is 0 Å². The van der Waals surface area contributed by atoms with Gasteiger partial charge in [0, 0.05) is 10.9 Å². The molecule has 0 amide bonds. The number of nitrogens with one attached hydrogen (secondary N) is 1. The molecule has 3 heteroatoms. The first-order valence-corrected chi connectivity index (χ1v) is 6.86. The van der Waals surface area contributed by atoms with Crippen LogP contribution in [0.15, 0.2) is 60.7 Å². The Morgan fingerprint density at radius 2 is 1.71 bits per heavy atom. The molecule has 4 rings (SSSR count). The van der Waals surface area contributed by atoms with E-state index in [9.17, 15) is 0 Å². The Bertz CT molecular complexity index is 940. The van der Waals surface area contributed by atoms with Gasteiger partial charge < -0.3 is 4.74 Å². The number of hydrogen-bond donors (Lipinski definition) is 1. The van der Waals surface area contributed by atoms with Crippen molar-refractivity contribution in [2.45, 2.75) is 0 Å². The molecule has 1 heterocycles. The number of hydrogen-bond acceptors (Lipinski definition) is 2. The van der Waals surface area contributed by atoms with E-state index >= 15 is 0 Å². The molecular weight excluding hydrogens is 260 g/mol. The van der Waals surface area contributed by atoms with Crippen LogP contribution < -0.4 is 4.74 Å². The SMILES string of the molecule is COc1ccc2cc(-c3n[nH]c4ccccc34)ccc2c1. The number of fused-ring (bicyclic) bond motifs is 2. The fourth-order valence-electron chi connectivity index (χ4n) is 2.68. The summed E-state index contributed by atoms with van der Waals surface area (Å²) in [5.74, 6) is 0.875. The molecule has 0 aliphatic carbocycles. The number of para-hydroxylation sites is 1. The summed E-state index contributed by atoms with van der Waals surface area (Å²) in [7, 11) is 1.69. The number of nitrogens with zero attached hydrogens (tertiary/aromatic N) is 1. The van der Waals surface area contributed by atoms with Crippen LogP contribution >= 0.6 is 0 Å². The first kappa shape index (κ1) is 12.0. The highest BCUT2D eigenvalue weighted by atomic mass is 16.5. The zero-order chi connectivity index (χ0) is 14.2. The van der Waals surface area contributed by atoms with E-state index in [0.29, 0.717) is 0 Å². The summed E-state index contributed by atoms with van der Waals surface area (Å²) < 4.78 is 5.27. The maximum Gasteiger partial charge on any atom is 0.119 e. The van der Waals surface area contributed by atoms with Gasteiger partial charge in [0.2, 0.25) is 0 Å². The highest BCUT2D eigenvalue weighted by molar-refractivity contribution is 5.96. The number of ether oxygens (including phenoxy) is 1. The van der Waals surface area contributed by atoms with Crippen molar-refractivity contribution in [1.29, 1.82) is 0 Å². The van der Waals surface area contributed by atoms with Crippen molar-refractivity contribution in [1.82, 2.24) is 10.2 Å². The summed E-state index contributed by atoms with van der Waals surface area (Å²) in [5.41, 5.74) is 3.16. The molecule has 0 atom stereocenters. The zero-order valence-corrected chi connectivity index (χ0v) is 11.6. The van der Waals surface area contributed by atoms with Gasteiger partial charge in [0.1, 0.15) is 5.75 Å². The van der Waals surface area contributed by atoms with Crippen LogP contribution in [0.5, 0.6) is 5.75 Å². The lowest BCUT2D eigenvalue weighted by Crippen LogP contribution is -1.84. The molecule has 3 nitrogen and oxygen atoms in total. The second kappa shape index (κ2) is 4.63. The van der Waals surface area contributed by atoms with Crippen molar-refractivity contribution in [3.63, 3.8) is 0 Å². The van der Waals surface area contributed by atoms with Crippen LogP contribution in [0.2, 0.25) is 0 Å². The standard InChI is InChI=1S/C18H14N2O/c1-21-15-9-8-12-10-14(7-6-13(12)11-15)18-16-4-2-3-5-17(16)19-20-18/h2-11H,1H3,(H,19,20). The first-order valence-electron chi connectivity index (χ1n) is 6.86. The highest BCUT2D eigenvalue weighted by Crippen LogP contribution is 2.29. The molecular formula is C18H14N2O. The minimum atomic E-state index is 0.875. The minimum Gasteiger partial charge on any atom is -0.497 e. The van der Waals surface area contributed by atoms with Crippen LogP contribution in [0.25, 0.3) is 32.9 Å². The number of rotatable bonds is 2. The Kier molecular flexibility index (Phi) is 2.64. The molecule has 0 aliphatic heterocycles. The number of aromatic amines is 1. The summed E-state index contributed by atoms with van der Waals surface area (Å²) in [6.45, 7) is 0. The summed E-state index contributed by atoms with van der Waals surface area (Å²) in [5, 5.41) is 11.0. The predicted octanol–water partition coefficient (Wildman–Crippen LogP) is 4.39. The van der Waals surface area contributed by atoms with Gasteiger partial charge in [0.25, 0.3) is 0 Å². The van der Waals surface area contributed by atoms with Gasteiger partial charge in [-0.1, -0.05) is 36.4 Å². The summed E-state index contributed by atoms with van der Waals surface area (Å²) in [6, 6.07) is 20.6. The number of aromatic nitrogens is 2. The van der Waals surface area contributed by atoms with E-state index in [1.165, 1.54) is 5.39 Å². The lowest BCUT2D eigenvalue weighted by molar-refractivity contribution is 0.415. The van der Waals surface area contributed by atoms with Gasteiger partial charge in [0.05, 0.1) is 18.3 Å². The third-order valence-corrected chi connectivity index (χ3v) is 3.79. The molecule has 1 aromatic heterocycles. The van der Waals surface area contributed by atoms with Crippen molar-refractivity contribution in [2.75, 3.05) is 7.11 Å². The second-order valence-corrected chi connectivity index (χ2v) is 5.05. The van der Waals surface area contributed by atoms with Crippen molar-refractivity contribution < 1.29 is 4.74 Å². The van der Waals surface area contributed by atoms with E-state index in [2.05, 4.69) is 40.5 Å². The van der Waals surface area contributed by atoms with Crippen molar-refractivity contribution in [3.05, 3.63) is 60.7 Å². The molecule has 4 aromatic rings. The lowest BCUT2D eigenvalue weighted by atomic mass is 10.0. The van der Waals surface area contributed by atoms with Crippen molar-refractivity contribution in [3.8, 4) is 17.0 Å². The van der Waals surface area contributed by atoms with Gasteiger partial charge in [0.15, 0.2) is 0 Å². The molecule has 3 aromatic carbocycles. The Hall–Kier alpha value is -2.81. The second-order valence-electron chi connectivity index (χ2n) is 5.05. The van der Waals surface area contributed by atoms with Gasteiger partial charge in [-0.05, 0) is 35.0 Å². The molecule has 0 unspecified atom stereocenters. The van der Waals surface area contributed by atoms with Gasteiger partial charge in [-0.15, -0.1) is 0 Å². The topological polar surface area (TPSA) is 37.9 Å². The van der Waals surface area contributed by atoms with Gasteiger partial charge >= 0.3 is 0 Å². The zero-order valence-electron chi connectivity index (χ0n) is 11.6. The molecule has 102 valence electrons. The van der Waals surface area contributed by atoms with Crippen LogP contribution in [0.4, 0.5) is 0 Å². The van der Waals surface area contributed by atoms with Gasteiger partial charge in [-0.2, -0.15) is 5.10 Å². The molecule has 0 saturated heterocycles. The van der Waals surface area contributed by atoms with Crippen LogP contribution in [-0.4, -0.2) is 17.3 Å². The highest BCUT2D eigenvalue weighted by Gasteiger charge is 2.08. The fourth-order valence-corrected chi connectivity index (χ4v) is 2.68. The van der Waals surface area contributed by atoms with E-state index in [-0.39, 0.29) is 0 Å². The summed E-state index contributed by atoms with van der Waals surface area (Å²) in [6.07, 6.45) is 0. The van der Waals surface area contributed by atoms with Gasteiger partial charge in [-0.25, -0.2) is 0 Å². The van der Waals surface area contributed by atoms with Gasteiger partial charge in [-0.3, -0.25) is 5.10 Å². The van der Waals surface area contributed by atoms with Crippen LogP contribution in [-0.2, 0) is 0 Å². The average Bonchev–Trinajstić information content (AvgIpc) is 2.98. The molecule has 21 heavy (non-hydrogen) atoms. The molecule has 0 radical (unpaired) electrons. The minimum absolute atomic E-state index is 0.875. The Balaban J connectivity index is 1.90. The van der Waals surface area contributed by atoms with E-state index in [0.717, 1.165) is 33.3 Å². The molecule has 0 aliphatic rings. The van der Waals surface area contributed by atoms with Crippen LogP contribution in [0, 0.1) is 0 Å². The molecule has 0 fully saturated rings. The third kappa shape index (κ3) is 1.94. The summed E-state index contributed by atoms with van der Waals surface area (Å²) in [4.78, 5) is 0. The van der Waals surface area contributed by atoms with Crippen LogP contribution in [0.3, 0.4) is 0 Å². The maximum absolute atomic E-state index is 5.27. The van der Waals surface area contributed by atoms with Crippen molar-refractivity contribution in [2.24, 2.45) is 0 Å². The monoisotopic (exact) mass is 274 g/mol. The Morgan fingerprint density at radius 1 is 0.905 bits per heavy atom. The smallest absolute Gasteiger partial charge is 0.119 e. The fraction of sp³-hybridized carbons (Fsp3) is 0.0556. The molecule has 0 saturated carbocycles. The molecule has 1 N–H and O–H groups in total. The van der Waals surface area contributed by atoms with Crippen LogP contribution in [0.1, 0.15) is 0 Å². The van der Waals surface area contributed by atoms with E-state index in [1.54, 1.807) is 7.11 Å². The van der Waals surface area contributed by atoms with E-state index in [1.807, 2.05) is 30.3 Å². The number of H-pyrrole nitrogens is 1.